The molecule has 0 spiro atoms. The minimum Gasteiger partial charge on any atom is -0.484 e. The van der Waals surface area contributed by atoms with Gasteiger partial charge in [-0.2, -0.15) is 0 Å². The van der Waals surface area contributed by atoms with Crippen LogP contribution in [0.4, 0.5) is 0 Å². The van der Waals surface area contributed by atoms with Crippen LogP contribution in [0.3, 0.4) is 0 Å². The minimum absolute atomic E-state index is 0.00901. The molecule has 1 saturated carbocycles. The summed E-state index contributed by atoms with van der Waals surface area (Å²) in [6, 6.07) is 6.16. The molecule has 1 heterocycles. The zero-order valence-corrected chi connectivity index (χ0v) is 12.4. The molecule has 3 atom stereocenters. The average molecular weight is 277 g/mol. The smallest absolute Gasteiger partial charge is 0.165 e. The molecular formula is C16H23NO3. The van der Waals surface area contributed by atoms with Gasteiger partial charge in [0.1, 0.15) is 17.8 Å². The lowest BCUT2D eigenvalue weighted by atomic mass is 9.86. The number of ether oxygens (including phenoxy) is 3. The van der Waals surface area contributed by atoms with Gasteiger partial charge >= 0.3 is 0 Å². The van der Waals surface area contributed by atoms with E-state index in [1.807, 2.05) is 19.1 Å². The van der Waals surface area contributed by atoms with Crippen LogP contribution < -0.4 is 15.2 Å². The monoisotopic (exact) mass is 277 g/mol. The molecule has 1 aliphatic carbocycles. The first kappa shape index (κ1) is 13.7. The van der Waals surface area contributed by atoms with Crippen LogP contribution in [0.15, 0.2) is 18.2 Å². The summed E-state index contributed by atoms with van der Waals surface area (Å²) in [5.74, 6) is 1.70. The zero-order valence-electron chi connectivity index (χ0n) is 12.4. The van der Waals surface area contributed by atoms with Crippen LogP contribution in [0.1, 0.15) is 32.8 Å². The van der Waals surface area contributed by atoms with E-state index in [-0.39, 0.29) is 23.9 Å². The van der Waals surface area contributed by atoms with Crippen molar-refractivity contribution in [2.45, 2.75) is 57.5 Å². The summed E-state index contributed by atoms with van der Waals surface area (Å²) in [7, 11) is 0. The number of fused-ring (bicyclic) bond motifs is 1. The van der Waals surface area contributed by atoms with Gasteiger partial charge in [0.05, 0.1) is 0 Å². The van der Waals surface area contributed by atoms with E-state index in [4.69, 9.17) is 19.9 Å². The van der Waals surface area contributed by atoms with E-state index in [0.29, 0.717) is 6.61 Å². The van der Waals surface area contributed by atoms with Crippen molar-refractivity contribution in [3.63, 3.8) is 0 Å². The lowest BCUT2D eigenvalue weighted by Crippen LogP contribution is -2.59. The summed E-state index contributed by atoms with van der Waals surface area (Å²) >= 11 is 0. The molecule has 2 aliphatic rings. The Labute approximate surface area is 120 Å². The van der Waals surface area contributed by atoms with Crippen molar-refractivity contribution >= 4 is 0 Å². The summed E-state index contributed by atoms with van der Waals surface area (Å²) in [5.41, 5.74) is 7.03. The van der Waals surface area contributed by atoms with E-state index in [9.17, 15) is 0 Å². The normalized spacial score (nSPS) is 30.3. The molecule has 110 valence electrons. The highest BCUT2D eigenvalue weighted by molar-refractivity contribution is 5.50. The average Bonchev–Trinajstić information content (AvgIpc) is 2.70. The molecule has 2 N–H and O–H groups in total. The quantitative estimate of drug-likeness (QED) is 0.917. The largest absolute Gasteiger partial charge is 0.484 e. The van der Waals surface area contributed by atoms with Crippen molar-refractivity contribution in [3.8, 4) is 11.5 Å². The van der Waals surface area contributed by atoms with Gasteiger partial charge < -0.3 is 19.9 Å². The highest BCUT2D eigenvalue weighted by Crippen LogP contribution is 2.43. The van der Waals surface area contributed by atoms with Gasteiger partial charge in [-0.15, -0.1) is 0 Å². The van der Waals surface area contributed by atoms with Crippen molar-refractivity contribution in [1.82, 2.24) is 0 Å². The molecule has 3 rings (SSSR count). The van der Waals surface area contributed by atoms with E-state index in [1.54, 1.807) is 0 Å². The molecule has 0 bridgehead atoms. The van der Waals surface area contributed by atoms with Crippen molar-refractivity contribution in [2.24, 2.45) is 5.73 Å². The number of nitrogens with two attached hydrogens (primary N) is 1. The fourth-order valence-corrected chi connectivity index (χ4v) is 3.00. The van der Waals surface area contributed by atoms with Gasteiger partial charge in [-0.05, 0) is 26.8 Å². The molecule has 1 aromatic rings. The Kier molecular flexibility index (Phi) is 3.38. The Morgan fingerprint density at radius 1 is 1.40 bits per heavy atom. The van der Waals surface area contributed by atoms with Crippen molar-refractivity contribution in [1.29, 1.82) is 0 Å². The van der Waals surface area contributed by atoms with Crippen LogP contribution in [0.2, 0.25) is 0 Å². The first-order chi connectivity index (χ1) is 9.50. The molecule has 3 unspecified atom stereocenters. The molecule has 4 nitrogen and oxygen atoms in total. The second-order valence-electron chi connectivity index (χ2n) is 6.26. The highest BCUT2D eigenvalue weighted by atomic mass is 16.6. The van der Waals surface area contributed by atoms with E-state index >= 15 is 0 Å². The van der Waals surface area contributed by atoms with E-state index < -0.39 is 0 Å². The summed E-state index contributed by atoms with van der Waals surface area (Å²) in [4.78, 5) is 0. The van der Waals surface area contributed by atoms with E-state index in [1.165, 1.54) is 5.56 Å². The summed E-state index contributed by atoms with van der Waals surface area (Å²) in [6.07, 6.45) is 1.77. The molecule has 0 aromatic heterocycles. The van der Waals surface area contributed by atoms with Crippen LogP contribution in [0.5, 0.6) is 11.5 Å². The predicted molar refractivity (Wildman–Crippen MR) is 77.3 cm³/mol. The van der Waals surface area contributed by atoms with Gasteiger partial charge in [-0.25, -0.2) is 0 Å². The van der Waals surface area contributed by atoms with Crippen LogP contribution in [0, 0.1) is 0 Å². The molecule has 0 radical (unpaired) electrons. The second-order valence-corrected chi connectivity index (χ2v) is 6.26. The third-order valence-electron chi connectivity index (χ3n) is 3.99. The number of para-hydroxylation sites is 1. The number of hydrogen-bond acceptors (Lipinski definition) is 4. The Balaban J connectivity index is 1.75. The summed E-state index contributed by atoms with van der Waals surface area (Å²) in [6.45, 7) is 6.83. The van der Waals surface area contributed by atoms with Crippen molar-refractivity contribution in [3.05, 3.63) is 23.8 Å². The van der Waals surface area contributed by atoms with E-state index in [2.05, 4.69) is 19.9 Å². The summed E-state index contributed by atoms with van der Waals surface area (Å²) in [5, 5.41) is 0. The third-order valence-corrected chi connectivity index (χ3v) is 3.99. The fourth-order valence-electron chi connectivity index (χ4n) is 3.00. The molecule has 1 aromatic carbocycles. The molecule has 1 fully saturated rings. The lowest BCUT2D eigenvalue weighted by Gasteiger charge is -2.41. The topological polar surface area (TPSA) is 53.7 Å². The molecule has 4 heteroatoms. The number of rotatable bonds is 4. The first-order valence-electron chi connectivity index (χ1n) is 7.35. The van der Waals surface area contributed by atoms with Gasteiger partial charge in [-0.1, -0.05) is 12.1 Å². The van der Waals surface area contributed by atoms with Gasteiger partial charge in [0, 0.05) is 31.1 Å². The van der Waals surface area contributed by atoms with Gasteiger partial charge in [-0.3, -0.25) is 0 Å². The van der Waals surface area contributed by atoms with Gasteiger partial charge in [0.15, 0.2) is 11.5 Å². The van der Waals surface area contributed by atoms with Crippen LogP contribution in [0.25, 0.3) is 0 Å². The Hall–Kier alpha value is -1.26. The van der Waals surface area contributed by atoms with Crippen molar-refractivity contribution < 1.29 is 14.2 Å². The Bertz CT molecular complexity index is 500. The lowest BCUT2D eigenvalue weighted by molar-refractivity contribution is -0.0953. The second kappa shape index (κ2) is 4.93. The highest BCUT2D eigenvalue weighted by Gasteiger charge is 2.42. The molecular weight excluding hydrogens is 254 g/mol. The maximum Gasteiger partial charge on any atom is 0.165 e. The van der Waals surface area contributed by atoms with Crippen molar-refractivity contribution in [2.75, 3.05) is 6.61 Å². The predicted octanol–water partition coefficient (Wildman–Crippen LogP) is 2.28. The maximum absolute atomic E-state index is 6.09. The number of benzene rings is 1. The third kappa shape index (κ3) is 2.38. The van der Waals surface area contributed by atoms with Crippen LogP contribution >= 0.6 is 0 Å². The summed E-state index contributed by atoms with van der Waals surface area (Å²) < 4.78 is 17.8. The Morgan fingerprint density at radius 2 is 2.20 bits per heavy atom. The van der Waals surface area contributed by atoms with Gasteiger partial charge in [0.2, 0.25) is 0 Å². The maximum atomic E-state index is 6.09. The fraction of sp³-hybridized carbons (Fsp3) is 0.625. The Morgan fingerprint density at radius 3 is 2.90 bits per heavy atom. The molecule has 1 aliphatic heterocycles. The standard InChI is InChI=1S/C16H23NO3/c1-4-18-15-11(17)8-13(15)19-12-7-5-6-10-9-16(2,3)20-14(10)12/h5-7,11,13,15H,4,8-9,17H2,1-3H3. The van der Waals surface area contributed by atoms with Crippen LogP contribution in [-0.4, -0.2) is 30.5 Å². The number of hydrogen-bond donors (Lipinski definition) is 1. The van der Waals surface area contributed by atoms with Gasteiger partial charge in [0.25, 0.3) is 0 Å². The minimum atomic E-state index is -0.156. The zero-order chi connectivity index (χ0) is 14.3. The SMILES string of the molecule is CCOC1C(N)CC1Oc1cccc2c1OC(C)(C)C2. The van der Waals surface area contributed by atoms with E-state index in [0.717, 1.165) is 24.3 Å². The molecule has 20 heavy (non-hydrogen) atoms. The van der Waals surface area contributed by atoms with Crippen LogP contribution in [-0.2, 0) is 11.2 Å². The molecule has 0 saturated heterocycles. The first-order valence-corrected chi connectivity index (χ1v) is 7.35. The molecule has 0 amide bonds.